The zero-order chi connectivity index (χ0) is 9.97. The van der Waals surface area contributed by atoms with E-state index < -0.39 is 0 Å². The smallest absolute Gasteiger partial charge is 0.0621 e. The van der Waals surface area contributed by atoms with E-state index in [1.54, 1.807) is 6.20 Å². The Morgan fingerprint density at radius 1 is 1.64 bits per heavy atom. The van der Waals surface area contributed by atoms with Gasteiger partial charge in [-0.3, -0.25) is 4.98 Å². The lowest BCUT2D eigenvalue weighted by atomic mass is 9.99. The quantitative estimate of drug-likeness (QED) is 0.810. The van der Waals surface area contributed by atoms with E-state index in [0.29, 0.717) is 0 Å². The molecule has 1 saturated heterocycles. The number of aryl methyl sites for hydroxylation is 1. The van der Waals surface area contributed by atoms with Gasteiger partial charge in [0.15, 0.2) is 0 Å². The second-order valence-corrected chi connectivity index (χ2v) is 4.39. The molecule has 1 N–H and O–H groups in total. The first-order chi connectivity index (χ1) is 6.75. The number of pyridine rings is 1. The van der Waals surface area contributed by atoms with E-state index in [2.05, 4.69) is 16.4 Å². The number of aromatic nitrogens is 1. The maximum atomic E-state index is 6.09. The van der Waals surface area contributed by atoms with Crippen molar-refractivity contribution in [2.24, 2.45) is 5.92 Å². The first-order valence-electron chi connectivity index (χ1n) is 5.07. The highest BCUT2D eigenvalue weighted by Gasteiger charge is 2.16. The summed E-state index contributed by atoms with van der Waals surface area (Å²) in [4.78, 5) is 4.17. The molecule has 1 fully saturated rings. The van der Waals surface area contributed by atoms with E-state index in [9.17, 15) is 0 Å². The van der Waals surface area contributed by atoms with Crippen LogP contribution in [0.3, 0.4) is 0 Å². The van der Waals surface area contributed by atoms with Crippen LogP contribution in [0.2, 0.25) is 5.02 Å². The van der Waals surface area contributed by atoms with Gasteiger partial charge in [-0.15, -0.1) is 0 Å². The standard InChI is InChI=1S/C11H15ClN2/c1-8-4-10(11(12)7-14-8)5-9-2-3-13-6-9/h4,7,9,13H,2-3,5-6H2,1H3. The van der Waals surface area contributed by atoms with E-state index >= 15 is 0 Å². The van der Waals surface area contributed by atoms with Gasteiger partial charge in [-0.05, 0) is 50.4 Å². The van der Waals surface area contributed by atoms with Crippen LogP contribution in [0.15, 0.2) is 12.3 Å². The molecule has 1 unspecified atom stereocenters. The van der Waals surface area contributed by atoms with Crippen molar-refractivity contribution in [1.29, 1.82) is 0 Å². The Balaban J connectivity index is 2.10. The van der Waals surface area contributed by atoms with E-state index in [1.807, 2.05) is 6.92 Å². The normalized spacial score (nSPS) is 21.4. The van der Waals surface area contributed by atoms with Crippen LogP contribution in [0.5, 0.6) is 0 Å². The highest BCUT2D eigenvalue weighted by Crippen LogP contribution is 2.21. The van der Waals surface area contributed by atoms with Gasteiger partial charge >= 0.3 is 0 Å². The third kappa shape index (κ3) is 2.25. The molecule has 76 valence electrons. The van der Waals surface area contributed by atoms with E-state index in [0.717, 1.165) is 36.1 Å². The van der Waals surface area contributed by atoms with E-state index in [4.69, 9.17) is 11.6 Å². The number of hydrogen-bond donors (Lipinski definition) is 1. The summed E-state index contributed by atoms with van der Waals surface area (Å²) in [6.07, 6.45) is 4.10. The summed E-state index contributed by atoms with van der Waals surface area (Å²) in [7, 11) is 0. The van der Waals surface area contributed by atoms with Crippen molar-refractivity contribution in [3.05, 3.63) is 28.5 Å². The van der Waals surface area contributed by atoms with Crippen molar-refractivity contribution in [3.8, 4) is 0 Å². The molecular formula is C11H15ClN2. The van der Waals surface area contributed by atoms with Gasteiger partial charge in [0.25, 0.3) is 0 Å². The maximum absolute atomic E-state index is 6.09. The monoisotopic (exact) mass is 210 g/mol. The summed E-state index contributed by atoms with van der Waals surface area (Å²) in [5.74, 6) is 0.745. The molecule has 3 heteroatoms. The van der Waals surface area contributed by atoms with Gasteiger partial charge in [0.2, 0.25) is 0 Å². The molecule has 1 aliphatic heterocycles. The molecule has 2 rings (SSSR count). The molecule has 1 aromatic heterocycles. The first kappa shape index (κ1) is 9.94. The molecule has 2 heterocycles. The SMILES string of the molecule is Cc1cc(CC2CCNC2)c(Cl)cn1. The molecular weight excluding hydrogens is 196 g/mol. The Kier molecular flexibility index (Phi) is 3.04. The Bertz CT molecular complexity index is 319. The van der Waals surface area contributed by atoms with Gasteiger partial charge in [-0.25, -0.2) is 0 Å². The fourth-order valence-electron chi connectivity index (χ4n) is 1.96. The fraction of sp³-hybridized carbons (Fsp3) is 0.545. The minimum Gasteiger partial charge on any atom is -0.316 e. The van der Waals surface area contributed by atoms with Gasteiger partial charge in [0, 0.05) is 11.9 Å². The summed E-state index contributed by atoms with van der Waals surface area (Å²) >= 11 is 6.09. The van der Waals surface area contributed by atoms with E-state index in [1.165, 1.54) is 12.0 Å². The van der Waals surface area contributed by atoms with Crippen LogP contribution >= 0.6 is 11.6 Å². The Morgan fingerprint density at radius 2 is 2.50 bits per heavy atom. The molecule has 2 nitrogen and oxygen atoms in total. The van der Waals surface area contributed by atoms with Crippen molar-refractivity contribution in [2.45, 2.75) is 19.8 Å². The average Bonchev–Trinajstić information content (AvgIpc) is 2.64. The molecule has 0 radical (unpaired) electrons. The van der Waals surface area contributed by atoms with Gasteiger partial charge in [0.05, 0.1) is 5.02 Å². The third-order valence-corrected chi connectivity index (χ3v) is 3.08. The number of nitrogens with zero attached hydrogens (tertiary/aromatic N) is 1. The Hall–Kier alpha value is -0.600. The predicted octanol–water partition coefficient (Wildman–Crippen LogP) is 2.20. The number of rotatable bonds is 2. The van der Waals surface area contributed by atoms with Gasteiger partial charge in [0.1, 0.15) is 0 Å². The molecule has 0 amide bonds. The lowest BCUT2D eigenvalue weighted by Crippen LogP contribution is -2.11. The summed E-state index contributed by atoms with van der Waals surface area (Å²) in [6, 6.07) is 2.10. The van der Waals surface area contributed by atoms with Crippen LogP contribution in [-0.4, -0.2) is 18.1 Å². The summed E-state index contributed by atoms with van der Waals surface area (Å²) in [6.45, 7) is 4.27. The largest absolute Gasteiger partial charge is 0.316 e. The van der Waals surface area contributed by atoms with Crippen LogP contribution in [-0.2, 0) is 6.42 Å². The zero-order valence-electron chi connectivity index (χ0n) is 8.39. The molecule has 0 aromatic carbocycles. The van der Waals surface area contributed by atoms with Crippen LogP contribution < -0.4 is 5.32 Å². The third-order valence-electron chi connectivity index (χ3n) is 2.74. The zero-order valence-corrected chi connectivity index (χ0v) is 9.14. The second-order valence-electron chi connectivity index (χ2n) is 3.98. The highest BCUT2D eigenvalue weighted by molar-refractivity contribution is 6.31. The molecule has 1 aliphatic rings. The van der Waals surface area contributed by atoms with Crippen LogP contribution in [0.1, 0.15) is 17.7 Å². The van der Waals surface area contributed by atoms with Gasteiger partial charge in [-0.2, -0.15) is 0 Å². The van der Waals surface area contributed by atoms with Crippen molar-refractivity contribution in [1.82, 2.24) is 10.3 Å². The minimum absolute atomic E-state index is 0.745. The van der Waals surface area contributed by atoms with Crippen LogP contribution in [0.4, 0.5) is 0 Å². The summed E-state index contributed by atoms with van der Waals surface area (Å²) < 4.78 is 0. The molecule has 0 saturated carbocycles. The summed E-state index contributed by atoms with van der Waals surface area (Å²) in [5.41, 5.74) is 2.29. The Labute approximate surface area is 89.7 Å². The fourth-order valence-corrected chi connectivity index (χ4v) is 2.14. The Morgan fingerprint density at radius 3 is 3.21 bits per heavy atom. The van der Waals surface area contributed by atoms with Crippen molar-refractivity contribution in [2.75, 3.05) is 13.1 Å². The summed E-state index contributed by atoms with van der Waals surface area (Å²) in [5, 5.41) is 4.18. The topological polar surface area (TPSA) is 24.9 Å². The van der Waals surface area contributed by atoms with Crippen LogP contribution in [0, 0.1) is 12.8 Å². The van der Waals surface area contributed by atoms with Gasteiger partial charge < -0.3 is 5.32 Å². The maximum Gasteiger partial charge on any atom is 0.0621 e. The van der Waals surface area contributed by atoms with Crippen molar-refractivity contribution < 1.29 is 0 Å². The predicted molar refractivity (Wildman–Crippen MR) is 58.7 cm³/mol. The molecule has 0 spiro atoms. The molecule has 1 atom stereocenters. The molecule has 0 bridgehead atoms. The number of halogens is 1. The van der Waals surface area contributed by atoms with Crippen molar-refractivity contribution in [3.63, 3.8) is 0 Å². The van der Waals surface area contributed by atoms with E-state index in [-0.39, 0.29) is 0 Å². The first-order valence-corrected chi connectivity index (χ1v) is 5.45. The second kappa shape index (κ2) is 4.28. The number of nitrogens with one attached hydrogen (secondary N) is 1. The lowest BCUT2D eigenvalue weighted by Gasteiger charge is -2.09. The molecule has 14 heavy (non-hydrogen) atoms. The molecule has 1 aromatic rings. The lowest BCUT2D eigenvalue weighted by molar-refractivity contribution is 0.579. The minimum atomic E-state index is 0.745. The van der Waals surface area contributed by atoms with Crippen molar-refractivity contribution >= 4 is 11.6 Å². The number of hydrogen-bond acceptors (Lipinski definition) is 2. The average molecular weight is 211 g/mol. The molecule has 0 aliphatic carbocycles. The van der Waals surface area contributed by atoms with Crippen LogP contribution in [0.25, 0.3) is 0 Å². The highest BCUT2D eigenvalue weighted by atomic mass is 35.5. The van der Waals surface area contributed by atoms with Gasteiger partial charge in [-0.1, -0.05) is 11.6 Å².